The van der Waals surface area contributed by atoms with Crippen molar-refractivity contribution in [3.05, 3.63) is 59.9 Å². The molecule has 3 aromatic rings. The lowest BCUT2D eigenvalue weighted by Gasteiger charge is -2.29. The Hall–Kier alpha value is -3.42. The number of tetrazole rings is 1. The van der Waals surface area contributed by atoms with E-state index in [-0.39, 0.29) is 5.91 Å². The summed E-state index contributed by atoms with van der Waals surface area (Å²) in [6, 6.07) is 11.0. The molecule has 2 atom stereocenters. The van der Waals surface area contributed by atoms with E-state index in [0.717, 1.165) is 16.8 Å². The number of hydrogen-bond acceptors (Lipinski definition) is 6. The molecule has 3 heterocycles. The molecule has 0 saturated heterocycles. The molecule has 8 nitrogen and oxygen atoms in total. The number of nitrogens with zero attached hydrogens (tertiary/aromatic N) is 6. The molecule has 0 spiro atoms. The van der Waals surface area contributed by atoms with Gasteiger partial charge in [-0.2, -0.15) is 0 Å². The summed E-state index contributed by atoms with van der Waals surface area (Å²) >= 11 is 0. The van der Waals surface area contributed by atoms with E-state index in [1.54, 1.807) is 17.1 Å². The molecule has 0 bridgehead atoms. The highest BCUT2D eigenvalue weighted by atomic mass is 16.2. The largest absolute Gasteiger partial charge is 0.325 e. The number of para-hydroxylation sites is 1. The average molecular weight is 347 g/mol. The molecule has 4 rings (SSSR count). The highest BCUT2D eigenvalue weighted by Crippen LogP contribution is 2.35. The van der Waals surface area contributed by atoms with Gasteiger partial charge in [0.15, 0.2) is 0 Å². The molecule has 8 heteroatoms. The van der Waals surface area contributed by atoms with Gasteiger partial charge >= 0.3 is 0 Å². The van der Waals surface area contributed by atoms with Gasteiger partial charge in [0, 0.05) is 23.8 Å². The Balaban J connectivity index is 1.75. The second-order valence-corrected chi connectivity index (χ2v) is 6.19. The van der Waals surface area contributed by atoms with Crippen molar-refractivity contribution < 1.29 is 4.79 Å². The number of aliphatic imine (C=N–C) groups is 1. The van der Waals surface area contributed by atoms with Gasteiger partial charge in [-0.05, 0) is 47.5 Å². The van der Waals surface area contributed by atoms with Crippen molar-refractivity contribution in [3.63, 3.8) is 0 Å². The number of aromatic nitrogens is 5. The van der Waals surface area contributed by atoms with Crippen molar-refractivity contribution in [2.45, 2.75) is 19.9 Å². The van der Waals surface area contributed by atoms with Crippen LogP contribution in [0.5, 0.6) is 0 Å². The fourth-order valence-corrected chi connectivity index (χ4v) is 3.18. The molecule has 26 heavy (non-hydrogen) atoms. The first-order valence-corrected chi connectivity index (χ1v) is 8.24. The van der Waals surface area contributed by atoms with Crippen molar-refractivity contribution in [1.82, 2.24) is 25.2 Å². The summed E-state index contributed by atoms with van der Waals surface area (Å²) in [6.07, 6.45) is 3.42. The maximum absolute atomic E-state index is 13.2. The summed E-state index contributed by atoms with van der Waals surface area (Å²) in [4.78, 5) is 21.7. The molecule has 2 aromatic heterocycles. The number of fused-ring (bicyclic) bond motifs is 1. The second-order valence-electron chi connectivity index (χ2n) is 6.19. The number of carbonyl (C=O) groups excluding carboxylic acids is 1. The number of amides is 1. The van der Waals surface area contributed by atoms with Crippen LogP contribution in [-0.4, -0.2) is 36.8 Å². The Bertz CT molecular complexity index is 980. The zero-order chi connectivity index (χ0) is 18.1. The van der Waals surface area contributed by atoms with E-state index >= 15 is 0 Å². The van der Waals surface area contributed by atoms with Crippen LogP contribution in [0, 0.1) is 12.8 Å². The Morgan fingerprint density at radius 3 is 2.77 bits per heavy atom. The van der Waals surface area contributed by atoms with E-state index < -0.39 is 12.0 Å². The van der Waals surface area contributed by atoms with Crippen LogP contribution in [0.3, 0.4) is 0 Å². The maximum Gasteiger partial charge on any atom is 0.269 e. The van der Waals surface area contributed by atoms with Crippen molar-refractivity contribution >= 4 is 23.3 Å². The van der Waals surface area contributed by atoms with Gasteiger partial charge in [0.1, 0.15) is 12.0 Å². The number of aryl methyl sites for hydroxylation is 1. The van der Waals surface area contributed by atoms with Gasteiger partial charge < -0.3 is 5.32 Å². The SMILES string of the molecule is CC1=Nc2nnnn2C(c2cccnc2)C1C(=O)Nc1ccccc1C. The fraction of sp³-hybridized carbons (Fsp3) is 0.222. The predicted octanol–water partition coefficient (Wildman–Crippen LogP) is 2.33. The number of pyridine rings is 1. The maximum atomic E-state index is 13.2. The van der Waals surface area contributed by atoms with Crippen molar-refractivity contribution in [3.8, 4) is 0 Å². The molecule has 2 unspecified atom stereocenters. The Labute approximate surface area is 150 Å². The van der Waals surface area contributed by atoms with Crippen molar-refractivity contribution in [1.29, 1.82) is 0 Å². The number of hydrogen-bond donors (Lipinski definition) is 1. The Morgan fingerprint density at radius 1 is 1.15 bits per heavy atom. The van der Waals surface area contributed by atoms with Gasteiger partial charge in [-0.15, -0.1) is 0 Å². The Kier molecular flexibility index (Phi) is 4.00. The summed E-state index contributed by atoms with van der Waals surface area (Å²) in [5.74, 6) is -0.318. The monoisotopic (exact) mass is 347 g/mol. The third-order valence-electron chi connectivity index (χ3n) is 4.49. The zero-order valence-corrected chi connectivity index (χ0v) is 14.4. The number of benzene rings is 1. The van der Waals surface area contributed by atoms with Crippen molar-refractivity contribution in [2.24, 2.45) is 10.9 Å². The second kappa shape index (κ2) is 6.47. The summed E-state index contributed by atoms with van der Waals surface area (Å²) in [7, 11) is 0. The van der Waals surface area contributed by atoms with Gasteiger partial charge in [0.05, 0.1) is 0 Å². The van der Waals surface area contributed by atoms with E-state index in [2.05, 4.69) is 30.8 Å². The average Bonchev–Trinajstić information content (AvgIpc) is 3.11. The predicted molar refractivity (Wildman–Crippen MR) is 96.3 cm³/mol. The first-order chi connectivity index (χ1) is 12.6. The van der Waals surface area contributed by atoms with Gasteiger partial charge in [-0.3, -0.25) is 9.78 Å². The lowest BCUT2D eigenvalue weighted by molar-refractivity contribution is -0.118. The third kappa shape index (κ3) is 2.75. The minimum absolute atomic E-state index is 0.157. The number of carbonyl (C=O) groups is 1. The molecule has 0 aliphatic carbocycles. The van der Waals surface area contributed by atoms with Crippen LogP contribution in [0.2, 0.25) is 0 Å². The molecule has 1 aromatic carbocycles. The van der Waals surface area contributed by atoms with Crippen LogP contribution in [0.25, 0.3) is 0 Å². The van der Waals surface area contributed by atoms with E-state index in [1.165, 1.54) is 0 Å². The van der Waals surface area contributed by atoms with Gasteiger partial charge in [0.25, 0.3) is 5.95 Å². The summed E-state index contributed by atoms with van der Waals surface area (Å²) in [6.45, 7) is 3.78. The van der Waals surface area contributed by atoms with Gasteiger partial charge in [-0.25, -0.2) is 9.67 Å². The lowest BCUT2D eigenvalue weighted by atomic mass is 9.88. The molecule has 0 saturated carbocycles. The van der Waals surface area contributed by atoms with Gasteiger partial charge in [0.2, 0.25) is 5.91 Å². The fourth-order valence-electron chi connectivity index (χ4n) is 3.18. The summed E-state index contributed by atoms with van der Waals surface area (Å²) in [5, 5.41) is 14.7. The van der Waals surface area contributed by atoms with E-state index in [9.17, 15) is 4.79 Å². The number of rotatable bonds is 3. The molecule has 1 amide bonds. The lowest BCUT2D eigenvalue weighted by Crippen LogP contribution is -2.39. The standard InChI is InChI=1S/C18H17N7O/c1-11-6-3-4-8-14(11)21-17(26)15-12(2)20-18-22-23-24-25(18)16(15)13-7-5-9-19-10-13/h3-10,15-16H,1-2H3,(H,21,26). The minimum Gasteiger partial charge on any atom is -0.325 e. The quantitative estimate of drug-likeness (QED) is 0.784. The topological polar surface area (TPSA) is 97.9 Å². The molecular weight excluding hydrogens is 330 g/mol. The van der Waals surface area contributed by atoms with Crippen LogP contribution in [0.15, 0.2) is 53.8 Å². The van der Waals surface area contributed by atoms with E-state index in [4.69, 9.17) is 0 Å². The highest BCUT2D eigenvalue weighted by Gasteiger charge is 2.39. The first kappa shape index (κ1) is 16.1. The molecule has 0 fully saturated rings. The highest BCUT2D eigenvalue weighted by molar-refractivity contribution is 6.10. The third-order valence-corrected chi connectivity index (χ3v) is 4.49. The van der Waals surface area contributed by atoms with Crippen LogP contribution < -0.4 is 5.32 Å². The summed E-state index contributed by atoms with van der Waals surface area (Å²) in [5.41, 5.74) is 3.28. The number of nitrogens with one attached hydrogen (secondary N) is 1. The van der Waals surface area contributed by atoms with Crippen LogP contribution in [0.1, 0.15) is 24.1 Å². The van der Waals surface area contributed by atoms with Crippen LogP contribution >= 0.6 is 0 Å². The molecule has 1 aliphatic heterocycles. The van der Waals surface area contributed by atoms with Crippen LogP contribution in [0.4, 0.5) is 11.6 Å². The molecule has 1 N–H and O–H groups in total. The van der Waals surface area contributed by atoms with Crippen molar-refractivity contribution in [2.75, 3.05) is 5.32 Å². The number of anilines is 1. The minimum atomic E-state index is -0.546. The molecule has 130 valence electrons. The first-order valence-electron chi connectivity index (χ1n) is 8.24. The van der Waals surface area contributed by atoms with E-state index in [1.807, 2.05) is 50.2 Å². The molecular formula is C18H17N7O. The Morgan fingerprint density at radius 2 is 2.00 bits per heavy atom. The molecule has 1 aliphatic rings. The smallest absolute Gasteiger partial charge is 0.269 e. The normalized spacial score (nSPS) is 18.8. The molecule has 0 radical (unpaired) electrons. The van der Waals surface area contributed by atoms with Crippen LogP contribution in [-0.2, 0) is 4.79 Å². The van der Waals surface area contributed by atoms with Gasteiger partial charge in [-0.1, -0.05) is 29.4 Å². The van der Waals surface area contributed by atoms with E-state index in [0.29, 0.717) is 11.7 Å². The zero-order valence-electron chi connectivity index (χ0n) is 14.4. The summed E-state index contributed by atoms with van der Waals surface area (Å²) < 4.78 is 1.58.